The highest BCUT2D eigenvalue weighted by Gasteiger charge is 2.09. The van der Waals surface area contributed by atoms with Crippen molar-refractivity contribution in [1.29, 1.82) is 0 Å². The number of hydrogen-bond acceptors (Lipinski definition) is 1. The number of halogens is 2. The standard InChI is InChI=1S/C14H13F2N/c15-13-4-2-1-3-11(13)12-9-10(7-8-17)5-6-14(12)16/h1-6,9H,7-8,17H2. The average molecular weight is 233 g/mol. The van der Waals surface area contributed by atoms with Crippen LogP contribution in [0, 0.1) is 11.6 Å². The van der Waals surface area contributed by atoms with Crippen LogP contribution in [0.25, 0.3) is 11.1 Å². The van der Waals surface area contributed by atoms with Gasteiger partial charge >= 0.3 is 0 Å². The number of nitrogens with two attached hydrogens (primary N) is 1. The lowest BCUT2D eigenvalue weighted by atomic mass is 10.0. The van der Waals surface area contributed by atoms with Crippen molar-refractivity contribution in [3.05, 3.63) is 59.7 Å². The maximum absolute atomic E-state index is 13.7. The second-order valence-electron chi connectivity index (χ2n) is 3.83. The van der Waals surface area contributed by atoms with Gasteiger partial charge in [0, 0.05) is 11.1 Å². The topological polar surface area (TPSA) is 26.0 Å². The Balaban J connectivity index is 2.51. The van der Waals surface area contributed by atoms with Crippen LogP contribution in [-0.2, 0) is 6.42 Å². The van der Waals surface area contributed by atoms with Gasteiger partial charge in [0.2, 0.25) is 0 Å². The highest BCUT2D eigenvalue weighted by atomic mass is 19.1. The van der Waals surface area contributed by atoms with Gasteiger partial charge in [0.1, 0.15) is 11.6 Å². The highest BCUT2D eigenvalue weighted by molar-refractivity contribution is 5.65. The van der Waals surface area contributed by atoms with E-state index in [1.165, 1.54) is 12.1 Å². The molecule has 88 valence electrons. The van der Waals surface area contributed by atoms with Crippen LogP contribution in [0.3, 0.4) is 0 Å². The van der Waals surface area contributed by atoms with Crippen molar-refractivity contribution >= 4 is 0 Å². The quantitative estimate of drug-likeness (QED) is 0.866. The van der Waals surface area contributed by atoms with Crippen LogP contribution in [0.5, 0.6) is 0 Å². The molecular formula is C14H13F2N. The summed E-state index contributed by atoms with van der Waals surface area (Å²) in [5.41, 5.74) is 6.93. The van der Waals surface area contributed by atoms with Gasteiger partial charge in [-0.15, -0.1) is 0 Å². The third-order valence-electron chi connectivity index (χ3n) is 2.63. The molecule has 1 nitrogen and oxygen atoms in total. The van der Waals surface area contributed by atoms with Crippen LogP contribution < -0.4 is 5.73 Å². The normalized spacial score (nSPS) is 10.5. The minimum Gasteiger partial charge on any atom is -0.330 e. The molecule has 0 atom stereocenters. The van der Waals surface area contributed by atoms with Gasteiger partial charge in [-0.2, -0.15) is 0 Å². The molecule has 2 N–H and O–H groups in total. The van der Waals surface area contributed by atoms with Crippen LogP contribution in [0.1, 0.15) is 5.56 Å². The second-order valence-corrected chi connectivity index (χ2v) is 3.83. The van der Waals surface area contributed by atoms with Gasteiger partial charge in [0.25, 0.3) is 0 Å². The molecule has 0 radical (unpaired) electrons. The molecule has 17 heavy (non-hydrogen) atoms. The van der Waals surface area contributed by atoms with Crippen LogP contribution in [0.15, 0.2) is 42.5 Å². The molecular weight excluding hydrogens is 220 g/mol. The molecule has 0 aliphatic heterocycles. The lowest BCUT2D eigenvalue weighted by Gasteiger charge is -2.07. The molecule has 2 aromatic carbocycles. The zero-order valence-corrected chi connectivity index (χ0v) is 9.29. The summed E-state index contributed by atoms with van der Waals surface area (Å²) in [6, 6.07) is 10.8. The molecule has 0 unspecified atom stereocenters. The van der Waals surface area contributed by atoms with E-state index in [-0.39, 0.29) is 11.1 Å². The summed E-state index contributed by atoms with van der Waals surface area (Å²) in [4.78, 5) is 0. The van der Waals surface area contributed by atoms with Crippen LogP contribution in [0.4, 0.5) is 8.78 Å². The highest BCUT2D eigenvalue weighted by Crippen LogP contribution is 2.26. The molecule has 0 bridgehead atoms. The predicted molar refractivity (Wildman–Crippen MR) is 64.6 cm³/mol. The molecule has 0 heterocycles. The van der Waals surface area contributed by atoms with Gasteiger partial charge in [-0.25, -0.2) is 8.78 Å². The van der Waals surface area contributed by atoms with Crippen LogP contribution in [0.2, 0.25) is 0 Å². The van der Waals surface area contributed by atoms with E-state index in [1.54, 1.807) is 30.3 Å². The summed E-state index contributed by atoms with van der Waals surface area (Å²) in [5.74, 6) is -0.841. The SMILES string of the molecule is NCCc1ccc(F)c(-c2ccccc2F)c1. The van der Waals surface area contributed by atoms with Crippen LogP contribution >= 0.6 is 0 Å². The van der Waals surface area contributed by atoms with E-state index in [4.69, 9.17) is 5.73 Å². The van der Waals surface area contributed by atoms with Crippen molar-refractivity contribution in [2.45, 2.75) is 6.42 Å². The van der Waals surface area contributed by atoms with Crippen LogP contribution in [-0.4, -0.2) is 6.54 Å². The Morgan fingerprint density at radius 2 is 1.59 bits per heavy atom. The minimum atomic E-state index is -0.420. The van der Waals surface area contributed by atoms with E-state index in [2.05, 4.69) is 0 Å². The molecule has 0 saturated heterocycles. The van der Waals surface area contributed by atoms with Crippen molar-refractivity contribution in [2.75, 3.05) is 6.54 Å². The summed E-state index contributed by atoms with van der Waals surface area (Å²) in [6.07, 6.45) is 0.654. The van der Waals surface area contributed by atoms with Gasteiger partial charge in [0.05, 0.1) is 0 Å². The van der Waals surface area contributed by atoms with Gasteiger partial charge in [-0.05, 0) is 36.7 Å². The Morgan fingerprint density at radius 3 is 2.29 bits per heavy atom. The lowest BCUT2D eigenvalue weighted by Crippen LogP contribution is -2.03. The average Bonchev–Trinajstić information content (AvgIpc) is 2.33. The second kappa shape index (κ2) is 5.06. The van der Waals surface area contributed by atoms with E-state index in [9.17, 15) is 8.78 Å². The van der Waals surface area contributed by atoms with Gasteiger partial charge in [-0.3, -0.25) is 0 Å². The van der Waals surface area contributed by atoms with E-state index in [0.717, 1.165) is 5.56 Å². The summed E-state index contributed by atoms with van der Waals surface area (Å²) < 4.78 is 27.3. The minimum absolute atomic E-state index is 0.281. The predicted octanol–water partition coefficient (Wildman–Crippen LogP) is 3.13. The summed E-state index contributed by atoms with van der Waals surface area (Å²) in [6.45, 7) is 0.488. The zero-order chi connectivity index (χ0) is 12.3. The molecule has 3 heteroatoms. The number of benzene rings is 2. The van der Waals surface area contributed by atoms with E-state index in [1.807, 2.05) is 0 Å². The summed E-state index contributed by atoms with van der Waals surface area (Å²) >= 11 is 0. The van der Waals surface area contributed by atoms with E-state index < -0.39 is 11.6 Å². The fourth-order valence-electron chi connectivity index (χ4n) is 1.78. The first kappa shape index (κ1) is 11.7. The Kier molecular flexibility index (Phi) is 3.49. The largest absolute Gasteiger partial charge is 0.330 e. The smallest absolute Gasteiger partial charge is 0.131 e. The first-order valence-corrected chi connectivity index (χ1v) is 5.46. The lowest BCUT2D eigenvalue weighted by molar-refractivity contribution is 0.616. The van der Waals surface area contributed by atoms with Gasteiger partial charge in [0.15, 0.2) is 0 Å². The molecule has 0 aliphatic rings. The first-order chi connectivity index (χ1) is 8.22. The maximum Gasteiger partial charge on any atom is 0.131 e. The Hall–Kier alpha value is -1.74. The summed E-state index contributed by atoms with van der Waals surface area (Å²) in [7, 11) is 0. The molecule has 0 saturated carbocycles. The fraction of sp³-hybridized carbons (Fsp3) is 0.143. The molecule has 2 aromatic rings. The fourth-order valence-corrected chi connectivity index (χ4v) is 1.78. The monoisotopic (exact) mass is 233 g/mol. The van der Waals surface area contributed by atoms with Crippen molar-refractivity contribution in [2.24, 2.45) is 5.73 Å². The molecule has 0 aromatic heterocycles. The number of hydrogen-bond donors (Lipinski definition) is 1. The van der Waals surface area contributed by atoms with Gasteiger partial charge in [-0.1, -0.05) is 24.3 Å². The first-order valence-electron chi connectivity index (χ1n) is 5.46. The Morgan fingerprint density at radius 1 is 0.882 bits per heavy atom. The van der Waals surface area contributed by atoms with E-state index in [0.29, 0.717) is 13.0 Å². The van der Waals surface area contributed by atoms with Gasteiger partial charge < -0.3 is 5.73 Å². The third-order valence-corrected chi connectivity index (χ3v) is 2.63. The maximum atomic E-state index is 13.7. The Bertz CT molecular complexity index is 523. The molecule has 0 amide bonds. The zero-order valence-electron chi connectivity index (χ0n) is 9.29. The van der Waals surface area contributed by atoms with Crippen molar-refractivity contribution in [3.8, 4) is 11.1 Å². The van der Waals surface area contributed by atoms with Crippen molar-refractivity contribution < 1.29 is 8.78 Å². The van der Waals surface area contributed by atoms with Crippen molar-refractivity contribution in [1.82, 2.24) is 0 Å². The Labute approximate surface area is 98.9 Å². The van der Waals surface area contributed by atoms with E-state index >= 15 is 0 Å². The molecule has 0 spiro atoms. The molecule has 0 aliphatic carbocycles. The van der Waals surface area contributed by atoms with Crippen molar-refractivity contribution in [3.63, 3.8) is 0 Å². The molecule has 0 fully saturated rings. The molecule has 2 rings (SSSR count). The third kappa shape index (κ3) is 2.50. The summed E-state index contributed by atoms with van der Waals surface area (Å²) in [5, 5.41) is 0. The number of rotatable bonds is 3.